The van der Waals surface area contributed by atoms with Crippen LogP contribution >= 0.6 is 0 Å². The molecule has 0 fully saturated rings. The van der Waals surface area contributed by atoms with Gasteiger partial charge in [0.25, 0.3) is 0 Å². The number of benzene rings is 1. The van der Waals surface area contributed by atoms with Crippen molar-refractivity contribution in [3.05, 3.63) is 30.3 Å². The molecule has 1 aromatic carbocycles. The quantitative estimate of drug-likeness (QED) is 0.628. The maximum absolute atomic E-state index is 13.5. The predicted octanol–water partition coefficient (Wildman–Crippen LogP) is -0.577. The van der Waals surface area contributed by atoms with E-state index in [4.69, 9.17) is 0 Å². The van der Waals surface area contributed by atoms with E-state index in [1.807, 2.05) is 30.3 Å². The summed E-state index contributed by atoms with van der Waals surface area (Å²) in [6.07, 6.45) is 0. The molecule has 98 valence electrons. The molecule has 18 heavy (non-hydrogen) atoms. The third-order valence-corrected chi connectivity index (χ3v) is 8.66. The van der Waals surface area contributed by atoms with Crippen LogP contribution in [0.1, 0.15) is 41.5 Å². The SMILES string of the molecule is CC(C)(C)[Si]([O-])(c1ccccc1)C(C)(C)C.[Br-].[Mg+2]. The molecule has 0 aromatic heterocycles. The fourth-order valence-electron chi connectivity index (χ4n) is 2.66. The van der Waals surface area contributed by atoms with Gasteiger partial charge >= 0.3 is 23.1 Å². The Bertz CT molecular complexity index is 340. The molecular weight excluding hydrogens is 316 g/mol. The molecule has 0 aliphatic heterocycles. The molecule has 0 aliphatic rings. The molecule has 4 heteroatoms. The average molecular weight is 340 g/mol. The zero-order valence-corrected chi connectivity index (χ0v) is 16.4. The Labute approximate surface area is 139 Å². The summed E-state index contributed by atoms with van der Waals surface area (Å²) in [4.78, 5) is 13.5. The molecule has 1 aromatic rings. The molecule has 0 N–H and O–H groups in total. The second-order valence-electron chi connectivity index (χ2n) is 6.55. The standard InChI is InChI=1S/C14H23OSi.BrH.Mg/c1-13(2,3)16(15,14(4,5)6)12-10-8-7-9-11-12;;/h7-11H,1-6H3;1H;/q-1;;+2/p-1. The van der Waals surface area contributed by atoms with E-state index in [1.54, 1.807) is 0 Å². The second-order valence-corrected chi connectivity index (χ2v) is 11.5. The Morgan fingerprint density at radius 2 is 1.17 bits per heavy atom. The number of rotatable bonds is 1. The van der Waals surface area contributed by atoms with Crippen LogP contribution in [0, 0.1) is 0 Å². The summed E-state index contributed by atoms with van der Waals surface area (Å²) < 4.78 is 0. The molecule has 0 aliphatic carbocycles. The van der Waals surface area contributed by atoms with Crippen LogP contribution in [-0.2, 0) is 0 Å². The fourth-order valence-corrected chi connectivity index (χ4v) is 7.31. The van der Waals surface area contributed by atoms with Crippen molar-refractivity contribution >= 4 is 36.6 Å². The number of hydrogen-bond acceptors (Lipinski definition) is 1. The van der Waals surface area contributed by atoms with E-state index in [-0.39, 0.29) is 50.1 Å². The van der Waals surface area contributed by atoms with Gasteiger partial charge in [0, 0.05) is 8.32 Å². The minimum Gasteiger partial charge on any atom is -1.00 e. The van der Waals surface area contributed by atoms with Gasteiger partial charge in [-0.2, -0.15) is 0 Å². The van der Waals surface area contributed by atoms with Crippen LogP contribution in [-0.4, -0.2) is 31.4 Å². The maximum atomic E-state index is 13.5. The summed E-state index contributed by atoms with van der Waals surface area (Å²) in [6.45, 7) is 12.5. The first-order chi connectivity index (χ1) is 7.11. The topological polar surface area (TPSA) is 23.1 Å². The summed E-state index contributed by atoms with van der Waals surface area (Å²) in [5.74, 6) is 0. The van der Waals surface area contributed by atoms with Crippen molar-refractivity contribution in [3.63, 3.8) is 0 Å². The third kappa shape index (κ3) is 3.82. The van der Waals surface area contributed by atoms with E-state index in [0.717, 1.165) is 5.19 Å². The molecule has 0 saturated carbocycles. The van der Waals surface area contributed by atoms with Gasteiger partial charge in [0.05, 0.1) is 0 Å². The molecule has 1 nitrogen and oxygen atoms in total. The molecule has 0 bridgehead atoms. The minimum absolute atomic E-state index is 0. The van der Waals surface area contributed by atoms with Gasteiger partial charge in [-0.25, -0.2) is 0 Å². The smallest absolute Gasteiger partial charge is 1.00 e. The predicted molar refractivity (Wildman–Crippen MR) is 77.0 cm³/mol. The van der Waals surface area contributed by atoms with E-state index < -0.39 is 8.32 Å². The van der Waals surface area contributed by atoms with Gasteiger partial charge in [0.2, 0.25) is 0 Å². The van der Waals surface area contributed by atoms with Gasteiger partial charge in [0.15, 0.2) is 0 Å². The summed E-state index contributed by atoms with van der Waals surface area (Å²) in [7, 11) is -2.78. The van der Waals surface area contributed by atoms with E-state index in [0.29, 0.717) is 0 Å². The molecule has 0 spiro atoms. The molecular formula is C14H23BrMgOSi. The Kier molecular flexibility index (Phi) is 8.01. The maximum Gasteiger partial charge on any atom is 2.00 e. The van der Waals surface area contributed by atoms with Gasteiger partial charge in [-0.15, -0.1) is 0 Å². The van der Waals surface area contributed by atoms with Crippen molar-refractivity contribution in [2.75, 3.05) is 0 Å². The van der Waals surface area contributed by atoms with Gasteiger partial charge in [-0.05, 0) is 0 Å². The Morgan fingerprint density at radius 3 is 1.44 bits per heavy atom. The average Bonchev–Trinajstić information content (AvgIpc) is 2.14. The first kappa shape index (κ1) is 21.0. The molecule has 0 atom stereocenters. The molecule has 0 saturated heterocycles. The van der Waals surface area contributed by atoms with Crippen molar-refractivity contribution in [3.8, 4) is 0 Å². The van der Waals surface area contributed by atoms with Crippen LogP contribution in [0.3, 0.4) is 0 Å². The molecule has 0 heterocycles. The molecule has 1 rings (SSSR count). The van der Waals surface area contributed by atoms with Gasteiger partial charge in [-0.3, -0.25) is 0 Å². The monoisotopic (exact) mass is 338 g/mol. The van der Waals surface area contributed by atoms with Gasteiger partial charge in [-0.1, -0.05) is 87.1 Å². The number of halogens is 1. The minimum atomic E-state index is -2.78. The molecule has 0 radical (unpaired) electrons. The van der Waals surface area contributed by atoms with Crippen molar-refractivity contribution in [2.24, 2.45) is 0 Å². The summed E-state index contributed by atoms with van der Waals surface area (Å²) >= 11 is 0. The zero-order valence-electron chi connectivity index (χ0n) is 12.4. The van der Waals surface area contributed by atoms with Gasteiger partial charge in [0.1, 0.15) is 0 Å². The summed E-state index contributed by atoms with van der Waals surface area (Å²) in [5.41, 5.74) is 0. The zero-order chi connectivity index (χ0) is 12.6. The normalized spacial score (nSPS) is 12.4. The number of hydrogen-bond donors (Lipinski definition) is 0. The van der Waals surface area contributed by atoms with Crippen LogP contribution < -0.4 is 27.0 Å². The summed E-state index contributed by atoms with van der Waals surface area (Å²) in [6, 6.07) is 9.95. The second kappa shape index (κ2) is 6.88. The van der Waals surface area contributed by atoms with E-state index in [1.165, 1.54) is 0 Å². The van der Waals surface area contributed by atoms with Crippen LogP contribution in [0.25, 0.3) is 0 Å². The van der Waals surface area contributed by atoms with Crippen molar-refractivity contribution in [1.82, 2.24) is 0 Å². The molecule has 0 unspecified atom stereocenters. The van der Waals surface area contributed by atoms with E-state index >= 15 is 0 Å². The summed E-state index contributed by atoms with van der Waals surface area (Å²) in [5, 5.41) is 0.675. The first-order valence-corrected chi connectivity index (χ1v) is 7.77. The molecule has 0 amide bonds. The van der Waals surface area contributed by atoms with Crippen LogP contribution in [0.5, 0.6) is 0 Å². The van der Waals surface area contributed by atoms with E-state index in [9.17, 15) is 4.80 Å². The Balaban J connectivity index is 0. The Hall–Kier alpha value is 0.643. The van der Waals surface area contributed by atoms with E-state index in [2.05, 4.69) is 41.5 Å². The fraction of sp³-hybridized carbons (Fsp3) is 0.571. The Morgan fingerprint density at radius 1 is 0.833 bits per heavy atom. The van der Waals surface area contributed by atoms with Gasteiger partial charge < -0.3 is 21.8 Å². The van der Waals surface area contributed by atoms with Crippen LogP contribution in [0.4, 0.5) is 0 Å². The van der Waals surface area contributed by atoms with Crippen molar-refractivity contribution in [1.29, 1.82) is 0 Å². The third-order valence-electron chi connectivity index (χ3n) is 3.29. The van der Waals surface area contributed by atoms with Crippen LogP contribution in [0.2, 0.25) is 10.1 Å². The van der Waals surface area contributed by atoms with Crippen LogP contribution in [0.15, 0.2) is 30.3 Å². The van der Waals surface area contributed by atoms with Crippen molar-refractivity contribution < 1.29 is 21.8 Å². The largest absolute Gasteiger partial charge is 2.00 e. The van der Waals surface area contributed by atoms with Crippen molar-refractivity contribution in [2.45, 2.75) is 51.6 Å². The first-order valence-electron chi connectivity index (χ1n) is 5.86.